The Morgan fingerprint density at radius 3 is 2.44 bits per heavy atom. The minimum absolute atomic E-state index is 0.0371. The quantitative estimate of drug-likeness (QED) is 0.140. The molecule has 0 saturated carbocycles. The van der Waals surface area contributed by atoms with E-state index in [1.54, 1.807) is 34.8 Å². The van der Waals surface area contributed by atoms with Crippen molar-refractivity contribution in [3.63, 3.8) is 0 Å². The van der Waals surface area contributed by atoms with Crippen LogP contribution in [0.2, 0.25) is 0 Å². The zero-order valence-corrected chi connectivity index (χ0v) is 23.2. The maximum atomic E-state index is 16.1. The third-order valence-electron chi connectivity index (χ3n) is 7.80. The van der Waals surface area contributed by atoms with E-state index in [2.05, 4.69) is 4.98 Å². The molecule has 1 aliphatic rings. The number of hydrogen-bond acceptors (Lipinski definition) is 7. The van der Waals surface area contributed by atoms with E-state index in [1.165, 1.54) is 7.11 Å². The molecule has 0 spiro atoms. The summed E-state index contributed by atoms with van der Waals surface area (Å²) in [5.74, 6) is -4.34. The summed E-state index contributed by atoms with van der Waals surface area (Å²) in [6, 6.07) is 6.85. The summed E-state index contributed by atoms with van der Waals surface area (Å²) >= 11 is 0. The maximum absolute atomic E-state index is 16.1. The average Bonchev–Trinajstić information content (AvgIpc) is 2.97. The van der Waals surface area contributed by atoms with Gasteiger partial charge < -0.3 is 14.4 Å². The molecule has 1 aliphatic heterocycles. The van der Waals surface area contributed by atoms with Crippen molar-refractivity contribution < 1.29 is 37.0 Å². The predicted molar refractivity (Wildman–Crippen MR) is 146 cm³/mol. The molecule has 1 aromatic heterocycles. The first-order valence-electron chi connectivity index (χ1n) is 13.3. The zero-order valence-electron chi connectivity index (χ0n) is 23.2. The molecule has 41 heavy (non-hydrogen) atoms. The van der Waals surface area contributed by atoms with E-state index in [4.69, 9.17) is 9.47 Å². The summed E-state index contributed by atoms with van der Waals surface area (Å²) < 4.78 is 66.8. The highest BCUT2D eigenvalue weighted by molar-refractivity contribution is 5.88. The van der Waals surface area contributed by atoms with Gasteiger partial charge in [0, 0.05) is 43.7 Å². The summed E-state index contributed by atoms with van der Waals surface area (Å²) in [4.78, 5) is 21.1. The minimum atomic E-state index is -1.56. The fraction of sp³-hybridized carbons (Fsp3) is 0.448. The Morgan fingerprint density at radius 2 is 1.83 bits per heavy atom. The van der Waals surface area contributed by atoms with E-state index >= 15 is 4.39 Å². The molecule has 1 saturated heterocycles. The lowest BCUT2D eigenvalue weighted by Gasteiger charge is -2.40. The molecular weight excluding hydrogens is 544 g/mol. The standard InChI is InChI=1S/C29H34F4N4O4/c1-36(2)25-17-34-24-5-4-18(40-3)14-20(24)26(25)21(30)6-7-29(28(38)35-39)8-10-37(11-9-29)12-13-41-19-15-22(31)27(33)23(32)16-19/h4-5,14-17,21,39H,6-13H2,1-3H3,(H,35,38). The molecular formula is C29H34F4N4O4. The summed E-state index contributed by atoms with van der Waals surface area (Å²) in [6.07, 6.45) is 1.16. The molecule has 0 bridgehead atoms. The smallest absolute Gasteiger partial charge is 0.249 e. The van der Waals surface area contributed by atoms with Crippen LogP contribution in [0.3, 0.4) is 0 Å². The number of fused-ring (bicyclic) bond motifs is 1. The van der Waals surface area contributed by atoms with Crippen molar-refractivity contribution in [3.05, 3.63) is 59.5 Å². The fourth-order valence-corrected chi connectivity index (χ4v) is 5.36. The van der Waals surface area contributed by atoms with Crippen molar-refractivity contribution in [2.75, 3.05) is 52.3 Å². The van der Waals surface area contributed by atoms with Crippen molar-refractivity contribution in [1.29, 1.82) is 0 Å². The number of rotatable bonds is 11. The van der Waals surface area contributed by atoms with Crippen LogP contribution in [-0.4, -0.2) is 68.4 Å². The van der Waals surface area contributed by atoms with E-state index in [9.17, 15) is 23.2 Å². The van der Waals surface area contributed by atoms with Gasteiger partial charge in [-0.25, -0.2) is 23.0 Å². The monoisotopic (exact) mass is 578 g/mol. The maximum Gasteiger partial charge on any atom is 0.249 e. The molecule has 1 unspecified atom stereocenters. The van der Waals surface area contributed by atoms with E-state index in [-0.39, 0.29) is 25.2 Å². The van der Waals surface area contributed by atoms with E-state index in [0.29, 0.717) is 60.4 Å². The van der Waals surface area contributed by atoms with Crippen LogP contribution in [0.5, 0.6) is 11.5 Å². The van der Waals surface area contributed by atoms with Crippen LogP contribution in [0.15, 0.2) is 36.5 Å². The highest BCUT2D eigenvalue weighted by Gasteiger charge is 2.41. The lowest BCUT2D eigenvalue weighted by molar-refractivity contribution is -0.143. The van der Waals surface area contributed by atoms with Crippen LogP contribution < -0.4 is 19.9 Å². The molecule has 8 nitrogen and oxygen atoms in total. The molecule has 1 atom stereocenters. The number of benzene rings is 2. The van der Waals surface area contributed by atoms with Gasteiger partial charge in [-0.1, -0.05) is 0 Å². The van der Waals surface area contributed by atoms with Gasteiger partial charge in [-0.2, -0.15) is 0 Å². The van der Waals surface area contributed by atoms with Gasteiger partial charge in [-0.05, 0) is 57.0 Å². The Bertz CT molecular complexity index is 1360. The van der Waals surface area contributed by atoms with E-state index in [0.717, 1.165) is 12.1 Å². The number of hydrogen-bond donors (Lipinski definition) is 2. The number of methoxy groups -OCH3 is 1. The van der Waals surface area contributed by atoms with Gasteiger partial charge in [0.2, 0.25) is 5.91 Å². The summed E-state index contributed by atoms with van der Waals surface area (Å²) in [6.45, 7) is 1.39. The second-order valence-electron chi connectivity index (χ2n) is 10.5. The first-order valence-corrected chi connectivity index (χ1v) is 13.3. The van der Waals surface area contributed by atoms with Gasteiger partial charge in [0.25, 0.3) is 0 Å². The van der Waals surface area contributed by atoms with Crippen LogP contribution in [0.25, 0.3) is 10.9 Å². The number of anilines is 1. The van der Waals surface area contributed by atoms with E-state index < -0.39 is 34.9 Å². The number of alkyl halides is 1. The molecule has 222 valence electrons. The largest absolute Gasteiger partial charge is 0.497 e. The number of amides is 1. The molecule has 4 rings (SSSR count). The Balaban J connectivity index is 1.43. The van der Waals surface area contributed by atoms with Gasteiger partial charge in [-0.15, -0.1) is 0 Å². The number of nitrogens with one attached hydrogen (secondary N) is 1. The zero-order chi connectivity index (χ0) is 29.7. The molecule has 0 radical (unpaired) electrons. The first-order chi connectivity index (χ1) is 19.6. The summed E-state index contributed by atoms with van der Waals surface area (Å²) in [5.41, 5.74) is 2.48. The van der Waals surface area contributed by atoms with Gasteiger partial charge in [0.05, 0.1) is 29.9 Å². The molecule has 3 aromatic rings. The number of ether oxygens (including phenoxy) is 2. The number of hydroxylamine groups is 1. The molecule has 0 aliphatic carbocycles. The number of nitrogens with zero attached hydrogens (tertiary/aromatic N) is 3. The minimum Gasteiger partial charge on any atom is -0.497 e. The lowest BCUT2D eigenvalue weighted by Crippen LogP contribution is -2.49. The number of aromatic nitrogens is 1. The number of likely N-dealkylation sites (tertiary alicyclic amines) is 1. The summed E-state index contributed by atoms with van der Waals surface area (Å²) in [7, 11) is 5.15. The van der Waals surface area contributed by atoms with Crippen molar-refractivity contribution in [2.24, 2.45) is 5.41 Å². The third kappa shape index (κ3) is 6.65. The number of pyridine rings is 1. The number of carbonyl (C=O) groups excluding carboxylic acids is 1. The molecule has 1 amide bonds. The Hall–Kier alpha value is -3.64. The first kappa shape index (κ1) is 30.3. The topological polar surface area (TPSA) is 87.2 Å². The van der Waals surface area contributed by atoms with Crippen molar-refractivity contribution in [1.82, 2.24) is 15.4 Å². The fourth-order valence-electron chi connectivity index (χ4n) is 5.36. The van der Waals surface area contributed by atoms with E-state index in [1.807, 2.05) is 19.0 Å². The molecule has 1 fully saturated rings. The Labute approximate surface area is 235 Å². The lowest BCUT2D eigenvalue weighted by atomic mass is 9.73. The second-order valence-corrected chi connectivity index (χ2v) is 10.5. The third-order valence-corrected chi connectivity index (χ3v) is 7.80. The molecule has 2 heterocycles. The van der Waals surface area contributed by atoms with Crippen LogP contribution in [0.4, 0.5) is 23.2 Å². The number of piperidine rings is 1. The molecule has 12 heteroatoms. The van der Waals surface area contributed by atoms with Crippen molar-refractivity contribution in [3.8, 4) is 11.5 Å². The SMILES string of the molecule is COc1ccc2ncc(N(C)C)c(C(F)CCC3(C(=O)NO)CCN(CCOc4cc(F)c(F)c(F)c4)CC3)c2c1. The van der Waals surface area contributed by atoms with Gasteiger partial charge >= 0.3 is 0 Å². The van der Waals surface area contributed by atoms with Crippen LogP contribution in [-0.2, 0) is 4.79 Å². The second kappa shape index (κ2) is 12.9. The van der Waals surface area contributed by atoms with Gasteiger partial charge in [-0.3, -0.25) is 19.9 Å². The van der Waals surface area contributed by atoms with Crippen LogP contribution in [0.1, 0.15) is 37.4 Å². The normalized spacial score (nSPS) is 15.9. The highest BCUT2D eigenvalue weighted by atomic mass is 19.2. The van der Waals surface area contributed by atoms with Crippen molar-refractivity contribution in [2.45, 2.75) is 31.9 Å². The molecule has 2 N–H and O–H groups in total. The number of halogens is 4. The highest BCUT2D eigenvalue weighted by Crippen LogP contribution is 2.43. The van der Waals surface area contributed by atoms with Crippen molar-refractivity contribution >= 4 is 22.5 Å². The van der Waals surface area contributed by atoms with Crippen LogP contribution >= 0.6 is 0 Å². The average molecular weight is 579 g/mol. The summed E-state index contributed by atoms with van der Waals surface area (Å²) in [5, 5.41) is 10.1. The molecule has 2 aromatic carbocycles. The van der Waals surface area contributed by atoms with Crippen LogP contribution in [0, 0.1) is 22.9 Å². The Morgan fingerprint density at radius 1 is 1.15 bits per heavy atom. The van der Waals surface area contributed by atoms with Gasteiger partial charge in [0.15, 0.2) is 17.5 Å². The Kier molecular flexibility index (Phi) is 9.54. The number of carbonyl (C=O) groups is 1. The predicted octanol–water partition coefficient (Wildman–Crippen LogP) is 5.18. The van der Waals surface area contributed by atoms with Gasteiger partial charge in [0.1, 0.15) is 24.3 Å².